The topological polar surface area (TPSA) is 20.3 Å². The number of rotatable bonds is 4. The Morgan fingerprint density at radius 1 is 1.31 bits per heavy atom. The normalized spacial score (nSPS) is 22.0. The zero-order valence-electron chi connectivity index (χ0n) is 11.3. The van der Waals surface area contributed by atoms with Crippen molar-refractivity contribution in [3.63, 3.8) is 0 Å². The highest BCUT2D eigenvalue weighted by atomic mass is 16.1. The van der Waals surface area contributed by atoms with Gasteiger partial charge in [-0.05, 0) is 50.2 Å². The first-order chi connectivity index (χ1) is 7.42. The summed E-state index contributed by atoms with van der Waals surface area (Å²) in [6.07, 6.45) is 4.78. The molecule has 16 heavy (non-hydrogen) atoms. The van der Waals surface area contributed by atoms with Gasteiger partial charge in [-0.2, -0.15) is 0 Å². The summed E-state index contributed by atoms with van der Waals surface area (Å²) in [4.78, 5) is 13.3. The fourth-order valence-electron chi connectivity index (χ4n) is 2.31. The molecule has 0 spiro atoms. The third-order valence-electron chi connectivity index (χ3n) is 3.77. The van der Waals surface area contributed by atoms with Crippen LogP contribution < -0.4 is 0 Å². The van der Waals surface area contributed by atoms with E-state index >= 15 is 0 Å². The number of hydrogen-bond acceptors (Lipinski definition) is 2. The summed E-state index contributed by atoms with van der Waals surface area (Å²) < 4.78 is 0. The molecule has 1 atom stereocenters. The second kappa shape index (κ2) is 5.81. The van der Waals surface area contributed by atoms with Crippen molar-refractivity contribution < 1.29 is 4.79 Å². The summed E-state index contributed by atoms with van der Waals surface area (Å²) in [5, 5.41) is 0. The van der Waals surface area contributed by atoms with Gasteiger partial charge >= 0.3 is 0 Å². The fraction of sp³-hybridized carbons (Fsp3) is 0.929. The molecule has 0 aromatic heterocycles. The van der Waals surface area contributed by atoms with Crippen LogP contribution >= 0.6 is 0 Å². The quantitative estimate of drug-likeness (QED) is 0.686. The molecule has 0 aromatic carbocycles. The lowest BCUT2D eigenvalue weighted by molar-refractivity contribution is -0.112. The molecule has 2 nitrogen and oxygen atoms in total. The average Bonchev–Trinajstić information content (AvgIpc) is 2.25. The van der Waals surface area contributed by atoms with Crippen molar-refractivity contribution in [1.29, 1.82) is 0 Å². The lowest BCUT2D eigenvalue weighted by Gasteiger charge is -2.34. The van der Waals surface area contributed by atoms with Crippen molar-refractivity contribution >= 4 is 6.29 Å². The number of aldehydes is 1. The van der Waals surface area contributed by atoms with Gasteiger partial charge in [-0.15, -0.1) is 0 Å². The van der Waals surface area contributed by atoms with Crippen LogP contribution in [0.3, 0.4) is 0 Å². The molecule has 0 saturated carbocycles. The highest BCUT2D eigenvalue weighted by molar-refractivity contribution is 5.53. The molecule has 94 valence electrons. The predicted molar refractivity (Wildman–Crippen MR) is 68.5 cm³/mol. The van der Waals surface area contributed by atoms with Gasteiger partial charge in [0, 0.05) is 5.92 Å². The second-order valence-corrected chi connectivity index (χ2v) is 6.48. The fourth-order valence-corrected chi connectivity index (χ4v) is 2.31. The maximum atomic E-state index is 10.7. The van der Waals surface area contributed by atoms with Gasteiger partial charge in [-0.3, -0.25) is 0 Å². The van der Waals surface area contributed by atoms with Gasteiger partial charge in [-0.1, -0.05) is 27.7 Å². The van der Waals surface area contributed by atoms with Crippen molar-refractivity contribution in [1.82, 2.24) is 4.90 Å². The Kier molecular flexibility index (Phi) is 4.97. The molecule has 0 N–H and O–H groups in total. The number of nitrogens with zero attached hydrogens (tertiary/aromatic N) is 1. The van der Waals surface area contributed by atoms with Gasteiger partial charge in [-0.25, -0.2) is 0 Å². The first kappa shape index (κ1) is 13.7. The van der Waals surface area contributed by atoms with Gasteiger partial charge in [0.2, 0.25) is 0 Å². The second-order valence-electron chi connectivity index (χ2n) is 6.48. The molecule has 0 radical (unpaired) electrons. The van der Waals surface area contributed by atoms with Crippen molar-refractivity contribution in [2.75, 3.05) is 19.6 Å². The zero-order valence-corrected chi connectivity index (χ0v) is 11.3. The van der Waals surface area contributed by atoms with E-state index in [0.29, 0.717) is 11.3 Å². The van der Waals surface area contributed by atoms with Crippen LogP contribution in [-0.4, -0.2) is 30.8 Å². The molecule has 1 unspecified atom stereocenters. The van der Waals surface area contributed by atoms with Gasteiger partial charge in [0.15, 0.2) is 0 Å². The number of carbonyl (C=O) groups is 1. The van der Waals surface area contributed by atoms with Crippen LogP contribution in [0.15, 0.2) is 0 Å². The zero-order chi connectivity index (χ0) is 12.2. The van der Waals surface area contributed by atoms with Crippen molar-refractivity contribution in [2.24, 2.45) is 17.3 Å². The van der Waals surface area contributed by atoms with E-state index in [1.807, 2.05) is 0 Å². The van der Waals surface area contributed by atoms with Crippen molar-refractivity contribution in [3.05, 3.63) is 0 Å². The van der Waals surface area contributed by atoms with E-state index in [-0.39, 0.29) is 5.92 Å². The highest BCUT2D eigenvalue weighted by Gasteiger charge is 2.24. The number of carbonyl (C=O) groups excluding carboxylic acids is 1. The van der Waals surface area contributed by atoms with Crippen LogP contribution in [0.5, 0.6) is 0 Å². The molecular weight excluding hydrogens is 198 g/mol. The van der Waals surface area contributed by atoms with E-state index in [1.165, 1.54) is 38.9 Å². The molecule has 1 aliphatic rings. The molecule has 0 amide bonds. The number of hydrogen-bond donors (Lipinski definition) is 0. The summed E-state index contributed by atoms with van der Waals surface area (Å²) in [5.41, 5.74) is 0.437. The maximum Gasteiger partial charge on any atom is 0.123 e. The van der Waals surface area contributed by atoms with Gasteiger partial charge in [0.05, 0.1) is 0 Å². The predicted octanol–water partition coefficient (Wildman–Crippen LogP) is 2.97. The molecule has 2 heteroatoms. The molecule has 1 saturated heterocycles. The van der Waals surface area contributed by atoms with E-state index in [4.69, 9.17) is 0 Å². The molecule has 1 rings (SSSR count). The summed E-state index contributed by atoms with van der Waals surface area (Å²) in [6.45, 7) is 12.5. The molecular formula is C14H27NO. The van der Waals surface area contributed by atoms with Gasteiger partial charge < -0.3 is 9.69 Å². The molecule has 0 bridgehead atoms. The summed E-state index contributed by atoms with van der Waals surface area (Å²) in [7, 11) is 0. The summed E-state index contributed by atoms with van der Waals surface area (Å²) >= 11 is 0. The molecule has 0 aliphatic carbocycles. The van der Waals surface area contributed by atoms with Crippen LogP contribution in [0.4, 0.5) is 0 Å². The van der Waals surface area contributed by atoms with Crippen LogP contribution in [0.1, 0.15) is 47.0 Å². The lowest BCUT2D eigenvalue weighted by Crippen LogP contribution is -2.37. The van der Waals surface area contributed by atoms with Crippen LogP contribution in [-0.2, 0) is 4.79 Å². The van der Waals surface area contributed by atoms with Crippen LogP contribution in [0.2, 0.25) is 0 Å². The molecule has 1 aliphatic heterocycles. The Morgan fingerprint density at radius 3 is 2.31 bits per heavy atom. The highest BCUT2D eigenvalue weighted by Crippen LogP contribution is 2.25. The minimum absolute atomic E-state index is 0.254. The minimum Gasteiger partial charge on any atom is -0.303 e. The van der Waals surface area contributed by atoms with Crippen molar-refractivity contribution in [3.8, 4) is 0 Å². The molecule has 1 heterocycles. The van der Waals surface area contributed by atoms with E-state index in [9.17, 15) is 4.79 Å². The van der Waals surface area contributed by atoms with E-state index < -0.39 is 0 Å². The Morgan fingerprint density at radius 2 is 1.88 bits per heavy atom. The standard InChI is InChI=1S/C14H27NO/c1-12(11-16)13-5-8-15(9-6-13)10-7-14(2,3)4/h11-13H,5-10H2,1-4H3. The number of piperidine rings is 1. The van der Waals surface area contributed by atoms with Gasteiger partial charge in [0.1, 0.15) is 6.29 Å². The first-order valence-corrected chi connectivity index (χ1v) is 6.60. The monoisotopic (exact) mass is 225 g/mol. The van der Waals surface area contributed by atoms with Gasteiger partial charge in [0.25, 0.3) is 0 Å². The molecule has 0 aromatic rings. The minimum atomic E-state index is 0.254. The Bertz CT molecular complexity index is 211. The van der Waals surface area contributed by atoms with E-state index in [0.717, 1.165) is 6.29 Å². The SMILES string of the molecule is CC(C=O)C1CCN(CCC(C)(C)C)CC1. The average molecular weight is 225 g/mol. The third-order valence-corrected chi connectivity index (χ3v) is 3.77. The first-order valence-electron chi connectivity index (χ1n) is 6.60. The third kappa shape index (κ3) is 4.65. The Balaban J connectivity index is 2.24. The lowest BCUT2D eigenvalue weighted by atomic mass is 9.85. The largest absolute Gasteiger partial charge is 0.303 e. The van der Waals surface area contributed by atoms with Crippen LogP contribution in [0, 0.1) is 17.3 Å². The van der Waals surface area contributed by atoms with Crippen LogP contribution in [0.25, 0.3) is 0 Å². The Hall–Kier alpha value is -0.370. The summed E-state index contributed by atoms with van der Waals surface area (Å²) in [5.74, 6) is 0.883. The maximum absolute atomic E-state index is 10.7. The van der Waals surface area contributed by atoms with E-state index in [2.05, 4.69) is 32.6 Å². The summed E-state index contributed by atoms with van der Waals surface area (Å²) in [6, 6.07) is 0. The Labute approximate surface area is 100 Å². The van der Waals surface area contributed by atoms with E-state index in [1.54, 1.807) is 0 Å². The molecule has 1 fully saturated rings. The smallest absolute Gasteiger partial charge is 0.123 e. The van der Waals surface area contributed by atoms with Crippen molar-refractivity contribution in [2.45, 2.75) is 47.0 Å². The number of likely N-dealkylation sites (tertiary alicyclic amines) is 1.